The lowest BCUT2D eigenvalue weighted by Gasteiger charge is -2.11. The van der Waals surface area contributed by atoms with Gasteiger partial charge in [0.2, 0.25) is 0 Å². The second-order valence-corrected chi connectivity index (χ2v) is 4.63. The molecule has 0 radical (unpaired) electrons. The number of nitrogens with two attached hydrogens (primary N) is 1. The van der Waals surface area contributed by atoms with E-state index in [4.69, 9.17) is 18.0 Å². The Morgan fingerprint density at radius 3 is 2.70 bits per heavy atom. The number of ether oxygens (including phenoxy) is 1. The fourth-order valence-electron chi connectivity index (χ4n) is 1.92. The summed E-state index contributed by atoms with van der Waals surface area (Å²) in [6, 6.07) is 7.14. The van der Waals surface area contributed by atoms with Crippen molar-refractivity contribution in [3.63, 3.8) is 0 Å². The van der Waals surface area contributed by atoms with E-state index in [1.54, 1.807) is 28.8 Å². The van der Waals surface area contributed by atoms with Crippen molar-refractivity contribution >= 4 is 28.2 Å². The van der Waals surface area contributed by atoms with Crippen LogP contribution in [0, 0.1) is 0 Å². The lowest BCUT2D eigenvalue weighted by atomic mass is 10.3. The molecule has 2 N–H and O–H groups in total. The van der Waals surface area contributed by atoms with Crippen LogP contribution in [0.5, 0.6) is 0 Å². The van der Waals surface area contributed by atoms with Gasteiger partial charge in [0.25, 0.3) is 0 Å². The molecule has 0 amide bonds. The summed E-state index contributed by atoms with van der Waals surface area (Å²) < 4.78 is 41.5. The van der Waals surface area contributed by atoms with E-state index in [-0.39, 0.29) is 18.0 Å². The summed E-state index contributed by atoms with van der Waals surface area (Å²) in [5.74, 6) is 0.532. The van der Waals surface area contributed by atoms with Crippen LogP contribution in [0.1, 0.15) is 5.82 Å². The van der Waals surface area contributed by atoms with Crippen molar-refractivity contribution < 1.29 is 17.9 Å². The Kier molecular flexibility index (Phi) is 4.24. The number of fused-ring (bicyclic) bond motifs is 1. The zero-order valence-electron chi connectivity index (χ0n) is 10.4. The van der Waals surface area contributed by atoms with E-state index in [0.717, 1.165) is 5.52 Å². The molecule has 0 saturated heterocycles. The third kappa shape index (κ3) is 3.67. The molecule has 2 aromatic rings. The Balaban J connectivity index is 2.26. The Labute approximate surface area is 118 Å². The summed E-state index contributed by atoms with van der Waals surface area (Å²) in [5, 5.41) is 0. The largest absolute Gasteiger partial charge is 0.522 e. The molecule has 8 heteroatoms. The van der Waals surface area contributed by atoms with E-state index in [2.05, 4.69) is 9.72 Å². The van der Waals surface area contributed by atoms with E-state index in [9.17, 15) is 13.2 Å². The molecule has 0 spiro atoms. The predicted octanol–water partition coefficient (Wildman–Crippen LogP) is 2.40. The number of thiocarbonyl (C=S) groups is 1. The molecule has 0 aliphatic heterocycles. The highest BCUT2D eigenvalue weighted by Crippen LogP contribution is 2.19. The molecule has 0 aliphatic carbocycles. The zero-order chi connectivity index (χ0) is 14.8. The van der Waals surface area contributed by atoms with Gasteiger partial charge in [0.15, 0.2) is 0 Å². The molecule has 1 aromatic carbocycles. The van der Waals surface area contributed by atoms with Gasteiger partial charge in [0, 0.05) is 6.54 Å². The molecule has 0 bridgehead atoms. The third-order valence-corrected chi connectivity index (χ3v) is 2.79. The van der Waals surface area contributed by atoms with Crippen molar-refractivity contribution in [1.82, 2.24) is 9.55 Å². The minimum atomic E-state index is -4.64. The first kappa shape index (κ1) is 14.7. The molecule has 108 valence electrons. The van der Waals surface area contributed by atoms with Crippen molar-refractivity contribution in [3.05, 3.63) is 30.1 Å². The first-order valence-electron chi connectivity index (χ1n) is 5.80. The molecule has 1 aromatic heterocycles. The minimum absolute atomic E-state index is 0.0258. The van der Waals surface area contributed by atoms with Crippen LogP contribution in [-0.2, 0) is 17.7 Å². The molecule has 0 saturated carbocycles. The third-order valence-electron chi connectivity index (χ3n) is 2.65. The van der Waals surface area contributed by atoms with Gasteiger partial charge in [-0.1, -0.05) is 24.4 Å². The number of benzene rings is 1. The highest BCUT2D eigenvalue weighted by atomic mass is 32.1. The fourth-order valence-corrected chi connectivity index (χ4v) is 2.05. The van der Waals surface area contributed by atoms with Gasteiger partial charge in [-0.25, -0.2) is 4.98 Å². The van der Waals surface area contributed by atoms with Crippen molar-refractivity contribution in [2.75, 3.05) is 6.61 Å². The number of para-hydroxylation sites is 2. The molecule has 20 heavy (non-hydrogen) atoms. The minimum Gasteiger partial charge on any atom is -0.393 e. The molecule has 0 unspecified atom stereocenters. The van der Waals surface area contributed by atoms with E-state index in [0.29, 0.717) is 11.3 Å². The predicted molar refractivity (Wildman–Crippen MR) is 72.2 cm³/mol. The number of rotatable bonds is 5. The van der Waals surface area contributed by atoms with E-state index in [1.165, 1.54) is 0 Å². The molecular weight excluding hydrogens is 291 g/mol. The van der Waals surface area contributed by atoms with Crippen LogP contribution >= 0.6 is 12.2 Å². The summed E-state index contributed by atoms with van der Waals surface area (Å²) in [6.07, 6.45) is -4.41. The van der Waals surface area contributed by atoms with Crippen LogP contribution in [-0.4, -0.2) is 27.5 Å². The van der Waals surface area contributed by atoms with E-state index < -0.39 is 13.0 Å². The molecule has 4 nitrogen and oxygen atoms in total. The zero-order valence-corrected chi connectivity index (χ0v) is 11.2. The van der Waals surface area contributed by atoms with Gasteiger partial charge in [0.05, 0.1) is 29.0 Å². The van der Waals surface area contributed by atoms with Gasteiger partial charge in [-0.05, 0) is 12.1 Å². The maximum absolute atomic E-state index is 12.0. The quantitative estimate of drug-likeness (QED) is 0.862. The van der Waals surface area contributed by atoms with Gasteiger partial charge in [-0.2, -0.15) is 0 Å². The summed E-state index contributed by atoms with van der Waals surface area (Å²) in [5.41, 5.74) is 6.89. The monoisotopic (exact) mass is 303 g/mol. The van der Waals surface area contributed by atoms with Crippen LogP contribution in [0.2, 0.25) is 0 Å². The van der Waals surface area contributed by atoms with E-state index >= 15 is 0 Å². The number of alkyl halides is 3. The highest BCUT2D eigenvalue weighted by molar-refractivity contribution is 7.80. The van der Waals surface area contributed by atoms with Gasteiger partial charge in [-0.15, -0.1) is 13.2 Å². The second kappa shape index (κ2) is 5.76. The Bertz CT molecular complexity index is 624. The second-order valence-electron chi connectivity index (χ2n) is 4.11. The number of nitrogens with zero attached hydrogens (tertiary/aromatic N) is 2. The first-order chi connectivity index (χ1) is 9.37. The molecule has 0 aliphatic rings. The van der Waals surface area contributed by atoms with Gasteiger partial charge in [0.1, 0.15) is 5.82 Å². The maximum atomic E-state index is 12.0. The van der Waals surface area contributed by atoms with Crippen molar-refractivity contribution in [2.24, 2.45) is 5.73 Å². The number of halogens is 3. The average molecular weight is 303 g/mol. The number of hydrogen-bond acceptors (Lipinski definition) is 3. The van der Waals surface area contributed by atoms with Crippen molar-refractivity contribution in [1.29, 1.82) is 0 Å². The van der Waals surface area contributed by atoms with Crippen LogP contribution in [0.3, 0.4) is 0 Å². The normalized spacial score (nSPS) is 11.9. The topological polar surface area (TPSA) is 53.1 Å². The van der Waals surface area contributed by atoms with Gasteiger partial charge in [-0.3, -0.25) is 4.74 Å². The molecule has 0 atom stereocenters. The maximum Gasteiger partial charge on any atom is 0.522 e. The smallest absolute Gasteiger partial charge is 0.393 e. The lowest BCUT2D eigenvalue weighted by molar-refractivity contribution is -0.325. The molecular formula is C12H12F3N3OS. The summed E-state index contributed by atoms with van der Waals surface area (Å²) >= 11 is 4.83. The summed E-state index contributed by atoms with van der Waals surface area (Å²) in [7, 11) is 0. The Morgan fingerprint density at radius 1 is 1.35 bits per heavy atom. The number of imidazole rings is 1. The number of hydrogen-bond donors (Lipinski definition) is 1. The molecule has 1 heterocycles. The number of aromatic nitrogens is 2. The van der Waals surface area contributed by atoms with E-state index in [1.807, 2.05) is 0 Å². The van der Waals surface area contributed by atoms with Crippen LogP contribution in [0.4, 0.5) is 13.2 Å². The Morgan fingerprint density at radius 2 is 2.05 bits per heavy atom. The standard InChI is InChI=1S/C12H12F3N3OS/c13-12(14,15)19-6-5-18-9-4-2-1-3-8(9)17-11(18)7-10(16)20/h1-4H,5-7H2,(H2,16,20). The van der Waals surface area contributed by atoms with Crippen molar-refractivity contribution in [3.8, 4) is 0 Å². The van der Waals surface area contributed by atoms with Crippen LogP contribution in [0.15, 0.2) is 24.3 Å². The van der Waals surface area contributed by atoms with Gasteiger partial charge < -0.3 is 10.3 Å². The SMILES string of the molecule is NC(=S)Cc1nc2ccccc2n1CCOC(F)(F)F. The van der Waals surface area contributed by atoms with Crippen LogP contribution in [0.25, 0.3) is 11.0 Å². The first-order valence-corrected chi connectivity index (χ1v) is 6.21. The Hall–Kier alpha value is -1.67. The molecule has 0 fully saturated rings. The van der Waals surface area contributed by atoms with Crippen molar-refractivity contribution in [2.45, 2.75) is 19.3 Å². The fraction of sp³-hybridized carbons (Fsp3) is 0.333. The van der Waals surface area contributed by atoms with Gasteiger partial charge >= 0.3 is 6.36 Å². The lowest BCUT2D eigenvalue weighted by Crippen LogP contribution is -2.20. The molecule has 2 rings (SSSR count). The summed E-state index contributed by atoms with van der Waals surface area (Å²) in [6.45, 7) is -0.466. The van der Waals surface area contributed by atoms with Crippen LogP contribution < -0.4 is 5.73 Å². The summed E-state index contributed by atoms with van der Waals surface area (Å²) in [4.78, 5) is 4.56. The average Bonchev–Trinajstić information content (AvgIpc) is 2.65. The highest BCUT2D eigenvalue weighted by Gasteiger charge is 2.28.